The van der Waals surface area contributed by atoms with E-state index in [2.05, 4.69) is 17.6 Å². The minimum absolute atomic E-state index is 0.0804. The lowest BCUT2D eigenvalue weighted by atomic mass is 9.84. The second-order valence-electron chi connectivity index (χ2n) is 6.04. The first-order valence-electron chi connectivity index (χ1n) is 7.35. The summed E-state index contributed by atoms with van der Waals surface area (Å²) in [5.74, 6) is 0.427. The number of carboxylic acids is 1. The number of hydrogen-bond acceptors (Lipinski definition) is 2. The van der Waals surface area contributed by atoms with Gasteiger partial charge in [-0.05, 0) is 37.0 Å². The van der Waals surface area contributed by atoms with Gasteiger partial charge in [-0.3, -0.25) is 0 Å². The highest BCUT2D eigenvalue weighted by Gasteiger charge is 2.34. The Morgan fingerprint density at radius 3 is 2.42 bits per heavy atom. The number of carbonyl (C=O) groups excluding carboxylic acids is 1. The first-order chi connectivity index (χ1) is 9.08. The number of carboxylic acid groups (broad SMARTS) is 1. The van der Waals surface area contributed by atoms with Gasteiger partial charge in [-0.25, -0.2) is 9.59 Å². The average Bonchev–Trinajstić information content (AvgIpc) is 3.10. The summed E-state index contributed by atoms with van der Waals surface area (Å²) < 4.78 is 0. The van der Waals surface area contributed by atoms with Crippen LogP contribution in [-0.2, 0) is 4.79 Å². The van der Waals surface area contributed by atoms with Gasteiger partial charge in [0.1, 0.15) is 6.04 Å². The Bertz CT molecular complexity index is 340. The molecule has 0 spiro atoms. The summed E-state index contributed by atoms with van der Waals surface area (Å²) in [6, 6.07) is -1.07. The van der Waals surface area contributed by atoms with Crippen LogP contribution in [0.4, 0.5) is 4.79 Å². The highest BCUT2D eigenvalue weighted by molar-refractivity contribution is 5.82. The summed E-state index contributed by atoms with van der Waals surface area (Å²) in [5.41, 5.74) is 0. The summed E-state index contributed by atoms with van der Waals surface area (Å²) in [6.07, 6.45) is 6.27. The van der Waals surface area contributed by atoms with Crippen LogP contribution in [-0.4, -0.2) is 29.7 Å². The highest BCUT2D eigenvalue weighted by atomic mass is 16.4. The molecule has 2 fully saturated rings. The lowest BCUT2D eigenvalue weighted by Crippen LogP contribution is -2.50. The molecule has 0 aromatic rings. The van der Waals surface area contributed by atoms with Crippen LogP contribution in [0.3, 0.4) is 0 Å². The van der Waals surface area contributed by atoms with Gasteiger partial charge in [-0.15, -0.1) is 0 Å². The summed E-state index contributed by atoms with van der Waals surface area (Å²) in [6.45, 7) is 2.82. The third-order valence-corrected chi connectivity index (χ3v) is 4.47. The Hall–Kier alpha value is -1.26. The van der Waals surface area contributed by atoms with Crippen LogP contribution in [0.15, 0.2) is 0 Å². The zero-order valence-electron chi connectivity index (χ0n) is 11.5. The second kappa shape index (κ2) is 6.26. The zero-order chi connectivity index (χ0) is 13.8. The van der Waals surface area contributed by atoms with Gasteiger partial charge in [0.25, 0.3) is 0 Å². The number of amides is 2. The van der Waals surface area contributed by atoms with Gasteiger partial charge in [0.05, 0.1) is 0 Å². The number of nitrogens with one attached hydrogen (secondary N) is 2. The molecular formula is C14H24N2O3. The first-order valence-corrected chi connectivity index (χ1v) is 7.35. The summed E-state index contributed by atoms with van der Waals surface area (Å²) in [5, 5.41) is 14.7. The Morgan fingerprint density at radius 2 is 1.89 bits per heavy atom. The molecule has 0 aromatic carbocycles. The van der Waals surface area contributed by atoms with E-state index in [0.29, 0.717) is 18.4 Å². The number of carbonyl (C=O) groups is 2. The molecule has 0 aliphatic heterocycles. The molecule has 2 saturated carbocycles. The smallest absolute Gasteiger partial charge is 0.326 e. The molecule has 0 bridgehead atoms. The van der Waals surface area contributed by atoms with Crippen LogP contribution in [0, 0.1) is 17.8 Å². The Kier molecular flexibility index (Phi) is 4.66. The van der Waals surface area contributed by atoms with E-state index in [1.165, 1.54) is 6.42 Å². The number of rotatable bonds is 5. The van der Waals surface area contributed by atoms with Gasteiger partial charge in [0, 0.05) is 6.54 Å². The van der Waals surface area contributed by atoms with Gasteiger partial charge >= 0.3 is 12.0 Å². The first kappa shape index (κ1) is 14.2. The van der Waals surface area contributed by atoms with Crippen LogP contribution in [0.1, 0.15) is 45.4 Å². The van der Waals surface area contributed by atoms with E-state index in [0.717, 1.165) is 32.1 Å². The van der Waals surface area contributed by atoms with Crippen molar-refractivity contribution in [2.45, 2.75) is 51.5 Å². The molecule has 2 aliphatic carbocycles. The molecule has 3 atom stereocenters. The van der Waals surface area contributed by atoms with Crippen molar-refractivity contribution in [3.05, 3.63) is 0 Å². The fourth-order valence-corrected chi connectivity index (χ4v) is 2.95. The fourth-order valence-electron chi connectivity index (χ4n) is 2.95. The Balaban J connectivity index is 1.78. The molecule has 5 nitrogen and oxygen atoms in total. The number of urea groups is 1. The van der Waals surface area contributed by atoms with Crippen LogP contribution >= 0.6 is 0 Å². The van der Waals surface area contributed by atoms with E-state index in [1.807, 2.05) is 0 Å². The largest absolute Gasteiger partial charge is 0.480 e. The third-order valence-electron chi connectivity index (χ3n) is 4.47. The standard InChI is InChI=1S/C14H24N2O3/c1-9-7-11(9)8-15-14(19)16-12(13(17)18)10-5-3-2-4-6-10/h9-12H,2-8H2,1H3,(H,17,18)(H2,15,16,19). The predicted molar refractivity (Wildman–Crippen MR) is 71.8 cm³/mol. The van der Waals surface area contributed by atoms with Crippen molar-refractivity contribution in [1.82, 2.24) is 10.6 Å². The van der Waals surface area contributed by atoms with E-state index >= 15 is 0 Å². The molecule has 108 valence electrons. The number of hydrogen-bond donors (Lipinski definition) is 3. The van der Waals surface area contributed by atoms with Gasteiger partial charge in [-0.1, -0.05) is 26.2 Å². The maximum absolute atomic E-state index is 11.8. The van der Waals surface area contributed by atoms with E-state index in [9.17, 15) is 14.7 Å². The van der Waals surface area contributed by atoms with Crippen molar-refractivity contribution in [1.29, 1.82) is 0 Å². The normalized spacial score (nSPS) is 28.5. The molecule has 2 rings (SSSR count). The average molecular weight is 268 g/mol. The molecular weight excluding hydrogens is 244 g/mol. The quantitative estimate of drug-likeness (QED) is 0.713. The zero-order valence-corrected chi connectivity index (χ0v) is 11.5. The predicted octanol–water partition coefficient (Wildman–Crippen LogP) is 1.98. The molecule has 0 heterocycles. The minimum Gasteiger partial charge on any atom is -0.480 e. The van der Waals surface area contributed by atoms with Crippen LogP contribution in [0.25, 0.3) is 0 Å². The van der Waals surface area contributed by atoms with Crippen molar-refractivity contribution in [3.8, 4) is 0 Å². The molecule has 3 unspecified atom stereocenters. The Morgan fingerprint density at radius 1 is 1.26 bits per heavy atom. The molecule has 0 radical (unpaired) electrons. The molecule has 0 saturated heterocycles. The topological polar surface area (TPSA) is 78.4 Å². The molecule has 0 aromatic heterocycles. The van der Waals surface area contributed by atoms with Crippen molar-refractivity contribution in [3.63, 3.8) is 0 Å². The third kappa shape index (κ3) is 4.11. The fraction of sp³-hybridized carbons (Fsp3) is 0.857. The molecule has 2 aliphatic rings. The van der Waals surface area contributed by atoms with Gasteiger partial charge in [0.2, 0.25) is 0 Å². The summed E-state index contributed by atoms with van der Waals surface area (Å²) in [4.78, 5) is 23.0. The van der Waals surface area contributed by atoms with Crippen molar-refractivity contribution >= 4 is 12.0 Å². The van der Waals surface area contributed by atoms with Crippen molar-refractivity contribution < 1.29 is 14.7 Å². The highest BCUT2D eigenvalue weighted by Crippen LogP contribution is 2.36. The molecule has 19 heavy (non-hydrogen) atoms. The second-order valence-corrected chi connectivity index (χ2v) is 6.04. The maximum Gasteiger partial charge on any atom is 0.326 e. The van der Waals surface area contributed by atoms with E-state index in [4.69, 9.17) is 0 Å². The van der Waals surface area contributed by atoms with E-state index in [1.54, 1.807) is 0 Å². The number of aliphatic carboxylic acids is 1. The van der Waals surface area contributed by atoms with Gasteiger partial charge < -0.3 is 15.7 Å². The Labute approximate surface area is 114 Å². The van der Waals surface area contributed by atoms with Crippen molar-refractivity contribution in [2.75, 3.05) is 6.54 Å². The van der Waals surface area contributed by atoms with Crippen LogP contribution < -0.4 is 10.6 Å². The van der Waals surface area contributed by atoms with E-state index < -0.39 is 12.0 Å². The summed E-state index contributed by atoms with van der Waals surface area (Å²) >= 11 is 0. The lowest BCUT2D eigenvalue weighted by Gasteiger charge is -2.28. The van der Waals surface area contributed by atoms with Gasteiger partial charge in [0.15, 0.2) is 0 Å². The van der Waals surface area contributed by atoms with Crippen LogP contribution in [0.2, 0.25) is 0 Å². The van der Waals surface area contributed by atoms with Crippen LogP contribution in [0.5, 0.6) is 0 Å². The van der Waals surface area contributed by atoms with Gasteiger partial charge in [-0.2, -0.15) is 0 Å². The minimum atomic E-state index is -0.915. The monoisotopic (exact) mass is 268 g/mol. The molecule has 2 amide bonds. The SMILES string of the molecule is CC1CC1CNC(=O)NC(C(=O)O)C1CCCCC1. The summed E-state index contributed by atoms with van der Waals surface area (Å²) in [7, 11) is 0. The molecule has 5 heteroatoms. The van der Waals surface area contributed by atoms with E-state index in [-0.39, 0.29) is 11.9 Å². The lowest BCUT2D eigenvalue weighted by molar-refractivity contribution is -0.141. The van der Waals surface area contributed by atoms with Crippen molar-refractivity contribution in [2.24, 2.45) is 17.8 Å². The maximum atomic E-state index is 11.8. The molecule has 3 N–H and O–H groups in total.